The quantitative estimate of drug-likeness (QED) is 0.679. The number of nitrogens with two attached hydrogens (primary N) is 1. The Hall–Kier alpha value is 0.250. The summed E-state index contributed by atoms with van der Waals surface area (Å²) >= 11 is 0. The van der Waals surface area contributed by atoms with Crippen LogP contribution in [0.25, 0.3) is 0 Å². The number of hydrogen-bond acceptors (Lipinski definition) is 1. The zero-order valence-electron chi connectivity index (χ0n) is 6.89. The highest BCUT2D eigenvalue weighted by molar-refractivity contribution is 5.85. The highest BCUT2D eigenvalue weighted by atomic mass is 35.5. The van der Waals surface area contributed by atoms with Gasteiger partial charge in [0, 0.05) is 0 Å². The second-order valence-corrected chi connectivity index (χ2v) is 3.21. The van der Waals surface area contributed by atoms with E-state index in [9.17, 15) is 0 Å². The van der Waals surface area contributed by atoms with E-state index in [0.29, 0.717) is 5.41 Å². The lowest BCUT2D eigenvalue weighted by Gasteiger charge is -2.09. The van der Waals surface area contributed by atoms with Gasteiger partial charge in [0.1, 0.15) is 0 Å². The van der Waals surface area contributed by atoms with Crippen LogP contribution in [0, 0.1) is 11.3 Å². The summed E-state index contributed by atoms with van der Waals surface area (Å²) in [5.74, 6) is 0.854. The van der Waals surface area contributed by atoms with Gasteiger partial charge in [0.05, 0.1) is 0 Å². The number of halogens is 1. The van der Waals surface area contributed by atoms with E-state index in [0.717, 1.165) is 12.5 Å². The molecule has 1 rings (SSSR count). The standard InChI is InChI=1S/C8H17N.ClH/c1-3-8(4-2)5-7(8)6-9;/h7H,3-6,9H2,1-2H3;1H. The molecule has 0 amide bonds. The normalized spacial score (nSPS) is 27.3. The van der Waals surface area contributed by atoms with Crippen molar-refractivity contribution >= 4 is 12.4 Å². The first-order valence-corrected chi connectivity index (χ1v) is 3.99. The van der Waals surface area contributed by atoms with Crippen LogP contribution in [0.1, 0.15) is 33.1 Å². The molecule has 0 aromatic carbocycles. The summed E-state index contributed by atoms with van der Waals surface area (Å²) in [6.07, 6.45) is 4.03. The van der Waals surface area contributed by atoms with Crippen LogP contribution in [0.15, 0.2) is 0 Å². The molecular formula is C8H18ClN. The molecular weight excluding hydrogens is 146 g/mol. The van der Waals surface area contributed by atoms with Crippen molar-refractivity contribution in [2.75, 3.05) is 6.54 Å². The minimum absolute atomic E-state index is 0. The van der Waals surface area contributed by atoms with Crippen LogP contribution in [-0.2, 0) is 0 Å². The molecule has 2 heteroatoms. The Labute approximate surface area is 69.8 Å². The van der Waals surface area contributed by atoms with Crippen LogP contribution < -0.4 is 5.73 Å². The monoisotopic (exact) mass is 163 g/mol. The molecule has 1 aliphatic rings. The van der Waals surface area contributed by atoms with Gasteiger partial charge in [0.2, 0.25) is 0 Å². The molecule has 1 unspecified atom stereocenters. The van der Waals surface area contributed by atoms with Gasteiger partial charge in [-0.3, -0.25) is 0 Å². The van der Waals surface area contributed by atoms with Crippen LogP contribution in [0.4, 0.5) is 0 Å². The smallest absolute Gasteiger partial charge is 0.00433 e. The van der Waals surface area contributed by atoms with Crippen molar-refractivity contribution in [2.24, 2.45) is 17.1 Å². The summed E-state index contributed by atoms with van der Waals surface area (Å²) in [7, 11) is 0. The molecule has 0 bridgehead atoms. The molecule has 62 valence electrons. The number of hydrogen-bond donors (Lipinski definition) is 1. The maximum absolute atomic E-state index is 5.56. The van der Waals surface area contributed by atoms with Crippen molar-refractivity contribution in [3.05, 3.63) is 0 Å². The molecule has 10 heavy (non-hydrogen) atoms. The summed E-state index contributed by atoms with van der Waals surface area (Å²) in [6, 6.07) is 0. The van der Waals surface area contributed by atoms with Crippen LogP contribution in [0.5, 0.6) is 0 Å². The molecule has 0 heterocycles. The fourth-order valence-electron chi connectivity index (χ4n) is 1.88. The molecule has 1 atom stereocenters. The minimum Gasteiger partial charge on any atom is -0.330 e. The van der Waals surface area contributed by atoms with Gasteiger partial charge in [0.15, 0.2) is 0 Å². The van der Waals surface area contributed by atoms with Gasteiger partial charge >= 0.3 is 0 Å². The molecule has 1 saturated carbocycles. The Morgan fingerprint density at radius 3 is 2.00 bits per heavy atom. The Balaban J connectivity index is 0.000000810. The SMILES string of the molecule is CCC1(CC)CC1CN.Cl. The van der Waals surface area contributed by atoms with Gasteiger partial charge in [0.25, 0.3) is 0 Å². The van der Waals surface area contributed by atoms with Gasteiger partial charge < -0.3 is 5.73 Å². The van der Waals surface area contributed by atoms with E-state index in [4.69, 9.17) is 5.73 Å². The van der Waals surface area contributed by atoms with Gasteiger partial charge in [-0.05, 0) is 24.3 Å². The highest BCUT2D eigenvalue weighted by Gasteiger charge is 2.49. The van der Waals surface area contributed by atoms with E-state index in [2.05, 4.69) is 13.8 Å². The zero-order chi connectivity index (χ0) is 6.91. The lowest BCUT2D eigenvalue weighted by Crippen LogP contribution is -2.09. The maximum atomic E-state index is 5.56. The van der Waals surface area contributed by atoms with E-state index in [1.165, 1.54) is 19.3 Å². The van der Waals surface area contributed by atoms with Crippen LogP contribution in [0.3, 0.4) is 0 Å². The summed E-state index contributed by atoms with van der Waals surface area (Å²) in [5, 5.41) is 0. The topological polar surface area (TPSA) is 26.0 Å². The van der Waals surface area contributed by atoms with Gasteiger partial charge in [-0.25, -0.2) is 0 Å². The zero-order valence-corrected chi connectivity index (χ0v) is 7.71. The second-order valence-electron chi connectivity index (χ2n) is 3.21. The summed E-state index contributed by atoms with van der Waals surface area (Å²) in [5.41, 5.74) is 6.24. The van der Waals surface area contributed by atoms with E-state index in [1.807, 2.05) is 0 Å². The first kappa shape index (κ1) is 10.2. The lowest BCUT2D eigenvalue weighted by atomic mass is 9.97. The second kappa shape index (κ2) is 3.59. The van der Waals surface area contributed by atoms with Gasteiger partial charge in [-0.2, -0.15) is 0 Å². The van der Waals surface area contributed by atoms with E-state index >= 15 is 0 Å². The van der Waals surface area contributed by atoms with Crippen LogP contribution >= 0.6 is 12.4 Å². The molecule has 2 N–H and O–H groups in total. The molecule has 0 spiro atoms. The third-order valence-electron chi connectivity index (χ3n) is 3.05. The van der Waals surface area contributed by atoms with Crippen molar-refractivity contribution in [3.63, 3.8) is 0 Å². The summed E-state index contributed by atoms with van der Waals surface area (Å²) in [6.45, 7) is 5.46. The van der Waals surface area contributed by atoms with Gasteiger partial charge in [-0.1, -0.05) is 26.7 Å². The molecule has 0 aromatic heterocycles. The molecule has 0 radical (unpaired) electrons. The van der Waals surface area contributed by atoms with E-state index in [-0.39, 0.29) is 12.4 Å². The van der Waals surface area contributed by atoms with Crippen molar-refractivity contribution in [1.82, 2.24) is 0 Å². The van der Waals surface area contributed by atoms with Crippen molar-refractivity contribution in [2.45, 2.75) is 33.1 Å². The van der Waals surface area contributed by atoms with Crippen LogP contribution in [0.2, 0.25) is 0 Å². The molecule has 0 saturated heterocycles. The predicted molar refractivity (Wildman–Crippen MR) is 47.4 cm³/mol. The third kappa shape index (κ3) is 1.46. The third-order valence-corrected chi connectivity index (χ3v) is 3.05. The minimum atomic E-state index is 0. The average molecular weight is 164 g/mol. The Kier molecular flexibility index (Phi) is 3.68. The Bertz CT molecular complexity index is 99.4. The first-order chi connectivity index (χ1) is 4.29. The van der Waals surface area contributed by atoms with Crippen molar-refractivity contribution in [1.29, 1.82) is 0 Å². The molecule has 1 aliphatic carbocycles. The highest BCUT2D eigenvalue weighted by Crippen LogP contribution is 2.56. The van der Waals surface area contributed by atoms with E-state index in [1.54, 1.807) is 0 Å². The van der Waals surface area contributed by atoms with E-state index < -0.39 is 0 Å². The number of rotatable bonds is 3. The molecule has 0 aliphatic heterocycles. The first-order valence-electron chi connectivity index (χ1n) is 3.99. The van der Waals surface area contributed by atoms with Gasteiger partial charge in [-0.15, -0.1) is 12.4 Å². The largest absolute Gasteiger partial charge is 0.330 e. The van der Waals surface area contributed by atoms with Crippen molar-refractivity contribution < 1.29 is 0 Å². The Morgan fingerprint density at radius 2 is 1.90 bits per heavy atom. The summed E-state index contributed by atoms with van der Waals surface area (Å²) < 4.78 is 0. The fourth-order valence-corrected chi connectivity index (χ4v) is 1.88. The average Bonchev–Trinajstić information content (AvgIpc) is 2.63. The van der Waals surface area contributed by atoms with Crippen LogP contribution in [-0.4, -0.2) is 6.54 Å². The Morgan fingerprint density at radius 1 is 1.40 bits per heavy atom. The predicted octanol–water partition coefficient (Wildman–Crippen LogP) is 2.19. The lowest BCUT2D eigenvalue weighted by molar-refractivity contribution is 0.424. The maximum Gasteiger partial charge on any atom is -0.00433 e. The molecule has 0 aromatic rings. The molecule has 1 nitrogen and oxygen atoms in total. The fraction of sp³-hybridized carbons (Fsp3) is 1.00. The summed E-state index contributed by atoms with van der Waals surface area (Å²) in [4.78, 5) is 0. The molecule has 1 fully saturated rings. The van der Waals surface area contributed by atoms with Crippen molar-refractivity contribution in [3.8, 4) is 0 Å².